The number of carbonyl (C=O) groups is 1. The quantitative estimate of drug-likeness (QED) is 0.718. The second-order valence-electron chi connectivity index (χ2n) is 6.65. The maximum absolute atomic E-state index is 12.5. The van der Waals surface area contributed by atoms with E-state index in [1.807, 2.05) is 32.0 Å². The normalized spacial score (nSPS) is 14.1. The molecule has 0 unspecified atom stereocenters. The molecule has 0 spiro atoms. The summed E-state index contributed by atoms with van der Waals surface area (Å²) >= 11 is 7.59. The van der Waals surface area contributed by atoms with Crippen molar-refractivity contribution in [2.45, 2.75) is 33.2 Å². The molecule has 2 aromatic heterocycles. The number of hydrogen-bond acceptors (Lipinski definition) is 6. The van der Waals surface area contributed by atoms with Crippen LogP contribution < -0.4 is 10.2 Å². The Kier molecular flexibility index (Phi) is 4.97. The molecule has 1 fully saturated rings. The van der Waals surface area contributed by atoms with Crippen molar-refractivity contribution in [1.82, 2.24) is 20.3 Å². The van der Waals surface area contributed by atoms with Crippen LogP contribution in [0.15, 0.2) is 18.2 Å². The molecule has 0 atom stereocenters. The first kappa shape index (κ1) is 18.1. The lowest BCUT2D eigenvalue weighted by atomic mass is 10.2. The topological polar surface area (TPSA) is 71.0 Å². The number of nitrogens with one attached hydrogen (secondary N) is 1. The van der Waals surface area contributed by atoms with Gasteiger partial charge in [0, 0.05) is 23.5 Å². The lowest BCUT2D eigenvalue weighted by molar-refractivity contribution is 0.0953. The van der Waals surface area contributed by atoms with E-state index in [4.69, 9.17) is 16.6 Å². The van der Waals surface area contributed by atoms with Crippen LogP contribution in [0.1, 0.15) is 39.0 Å². The molecule has 3 heterocycles. The van der Waals surface area contributed by atoms with Crippen LogP contribution in [-0.2, 0) is 6.54 Å². The number of halogens is 1. The van der Waals surface area contributed by atoms with Gasteiger partial charge < -0.3 is 10.2 Å². The van der Waals surface area contributed by atoms with E-state index in [2.05, 4.69) is 20.2 Å². The SMILES string of the molecule is Cc1nc(C)c(C(=O)NCc2nc(N3CCCC3)c3cc(Cl)ccc3n2)s1. The summed E-state index contributed by atoms with van der Waals surface area (Å²) in [7, 11) is 0. The summed E-state index contributed by atoms with van der Waals surface area (Å²) in [6.45, 7) is 5.97. The van der Waals surface area contributed by atoms with Gasteiger partial charge >= 0.3 is 0 Å². The third-order valence-corrected chi connectivity index (χ3v) is 5.91. The molecule has 1 amide bonds. The van der Waals surface area contributed by atoms with E-state index in [0.29, 0.717) is 15.7 Å². The number of fused-ring (bicyclic) bond motifs is 1. The lowest BCUT2D eigenvalue weighted by Gasteiger charge is -2.19. The largest absolute Gasteiger partial charge is 0.356 e. The first-order chi connectivity index (χ1) is 13.0. The van der Waals surface area contributed by atoms with Gasteiger partial charge in [0.05, 0.1) is 22.8 Å². The molecule has 140 valence electrons. The summed E-state index contributed by atoms with van der Waals surface area (Å²) in [5, 5.41) is 5.43. The summed E-state index contributed by atoms with van der Waals surface area (Å²) < 4.78 is 0. The predicted octanol–water partition coefficient (Wildman–Crippen LogP) is 3.89. The number of thiazole rings is 1. The van der Waals surface area contributed by atoms with E-state index in [0.717, 1.165) is 53.4 Å². The maximum atomic E-state index is 12.5. The van der Waals surface area contributed by atoms with E-state index in [1.54, 1.807) is 0 Å². The van der Waals surface area contributed by atoms with Crippen LogP contribution in [0.4, 0.5) is 5.82 Å². The van der Waals surface area contributed by atoms with Crippen molar-refractivity contribution < 1.29 is 4.79 Å². The molecule has 1 aromatic carbocycles. The van der Waals surface area contributed by atoms with Crippen LogP contribution in [0, 0.1) is 13.8 Å². The molecule has 1 saturated heterocycles. The van der Waals surface area contributed by atoms with E-state index in [-0.39, 0.29) is 12.5 Å². The van der Waals surface area contributed by atoms with Crippen LogP contribution in [0.3, 0.4) is 0 Å². The second-order valence-corrected chi connectivity index (χ2v) is 8.29. The molecule has 3 aromatic rings. The van der Waals surface area contributed by atoms with E-state index >= 15 is 0 Å². The molecule has 1 N–H and O–H groups in total. The highest BCUT2D eigenvalue weighted by atomic mass is 35.5. The first-order valence-corrected chi connectivity index (χ1v) is 10.1. The van der Waals surface area contributed by atoms with Gasteiger partial charge in [0.15, 0.2) is 5.82 Å². The zero-order chi connectivity index (χ0) is 19.0. The fraction of sp³-hybridized carbons (Fsp3) is 0.368. The Balaban J connectivity index is 1.62. The van der Waals surface area contributed by atoms with Crippen molar-refractivity contribution in [1.29, 1.82) is 0 Å². The highest BCUT2D eigenvalue weighted by Crippen LogP contribution is 2.29. The van der Waals surface area contributed by atoms with Gasteiger partial charge in [0.25, 0.3) is 5.91 Å². The number of hydrogen-bond donors (Lipinski definition) is 1. The molecule has 1 aliphatic rings. The van der Waals surface area contributed by atoms with Gasteiger partial charge in [-0.15, -0.1) is 11.3 Å². The summed E-state index contributed by atoms with van der Waals surface area (Å²) in [6.07, 6.45) is 2.31. The Morgan fingerprint density at radius 3 is 2.70 bits per heavy atom. The zero-order valence-electron chi connectivity index (χ0n) is 15.3. The minimum absolute atomic E-state index is 0.138. The first-order valence-electron chi connectivity index (χ1n) is 8.94. The molecular weight excluding hydrogens is 382 g/mol. The van der Waals surface area contributed by atoms with E-state index < -0.39 is 0 Å². The van der Waals surface area contributed by atoms with Crippen LogP contribution >= 0.6 is 22.9 Å². The minimum Gasteiger partial charge on any atom is -0.356 e. The van der Waals surface area contributed by atoms with Gasteiger partial charge in [-0.05, 0) is 44.9 Å². The third-order valence-electron chi connectivity index (χ3n) is 4.61. The molecule has 4 rings (SSSR count). The van der Waals surface area contributed by atoms with Crippen LogP contribution in [0.2, 0.25) is 5.02 Å². The number of nitrogens with zero attached hydrogens (tertiary/aromatic N) is 4. The number of aryl methyl sites for hydroxylation is 2. The Bertz CT molecular complexity index is 1010. The van der Waals surface area contributed by atoms with Crippen molar-refractivity contribution in [3.05, 3.63) is 44.6 Å². The molecular formula is C19H20ClN5OS. The summed E-state index contributed by atoms with van der Waals surface area (Å²) in [5.41, 5.74) is 1.59. The van der Waals surface area contributed by atoms with Crippen LogP contribution in [0.25, 0.3) is 10.9 Å². The maximum Gasteiger partial charge on any atom is 0.263 e. The highest BCUT2D eigenvalue weighted by molar-refractivity contribution is 7.13. The predicted molar refractivity (Wildman–Crippen MR) is 109 cm³/mol. The van der Waals surface area contributed by atoms with Gasteiger partial charge in [-0.1, -0.05) is 11.6 Å². The average Bonchev–Trinajstić information content (AvgIpc) is 3.28. The Morgan fingerprint density at radius 2 is 2.00 bits per heavy atom. The molecule has 0 bridgehead atoms. The fourth-order valence-electron chi connectivity index (χ4n) is 3.36. The molecule has 0 saturated carbocycles. The molecule has 0 radical (unpaired) electrons. The Hall–Kier alpha value is -2.25. The van der Waals surface area contributed by atoms with Gasteiger partial charge in [-0.3, -0.25) is 4.79 Å². The molecule has 6 nitrogen and oxygen atoms in total. The van der Waals surface area contributed by atoms with Gasteiger partial charge in [-0.2, -0.15) is 0 Å². The standard InChI is InChI=1S/C19H20ClN5OS/c1-11-17(27-12(2)22-11)19(26)21-10-16-23-15-6-5-13(20)9-14(15)18(24-16)25-7-3-4-8-25/h5-6,9H,3-4,7-8,10H2,1-2H3,(H,21,26). The minimum atomic E-state index is -0.138. The number of benzene rings is 1. The molecule has 8 heteroatoms. The molecule has 1 aliphatic heterocycles. The molecule has 0 aliphatic carbocycles. The lowest BCUT2D eigenvalue weighted by Crippen LogP contribution is -2.25. The average molecular weight is 402 g/mol. The zero-order valence-corrected chi connectivity index (χ0v) is 16.8. The molecule has 27 heavy (non-hydrogen) atoms. The highest BCUT2D eigenvalue weighted by Gasteiger charge is 2.19. The number of aromatic nitrogens is 3. The fourth-order valence-corrected chi connectivity index (χ4v) is 4.37. The van der Waals surface area contributed by atoms with Crippen molar-refractivity contribution in [2.75, 3.05) is 18.0 Å². The van der Waals surface area contributed by atoms with Crippen molar-refractivity contribution in [2.24, 2.45) is 0 Å². The Labute approximate surface area is 166 Å². The summed E-state index contributed by atoms with van der Waals surface area (Å²) in [4.78, 5) is 29.1. The third kappa shape index (κ3) is 3.75. The van der Waals surface area contributed by atoms with Gasteiger partial charge in [-0.25, -0.2) is 15.0 Å². The summed E-state index contributed by atoms with van der Waals surface area (Å²) in [6, 6.07) is 5.65. The number of rotatable bonds is 4. The smallest absolute Gasteiger partial charge is 0.263 e. The van der Waals surface area contributed by atoms with Crippen LogP contribution in [0.5, 0.6) is 0 Å². The second kappa shape index (κ2) is 7.40. The number of anilines is 1. The number of amides is 1. The van der Waals surface area contributed by atoms with E-state index in [9.17, 15) is 4.79 Å². The summed E-state index contributed by atoms with van der Waals surface area (Å²) in [5.74, 6) is 1.36. The van der Waals surface area contributed by atoms with Gasteiger partial charge in [0.1, 0.15) is 10.7 Å². The van der Waals surface area contributed by atoms with Gasteiger partial charge in [0.2, 0.25) is 0 Å². The Morgan fingerprint density at radius 1 is 1.22 bits per heavy atom. The van der Waals surface area contributed by atoms with E-state index in [1.165, 1.54) is 11.3 Å². The van der Waals surface area contributed by atoms with Crippen molar-refractivity contribution >= 4 is 45.6 Å². The van der Waals surface area contributed by atoms with Crippen molar-refractivity contribution in [3.8, 4) is 0 Å². The van der Waals surface area contributed by atoms with Crippen molar-refractivity contribution in [3.63, 3.8) is 0 Å². The van der Waals surface area contributed by atoms with Crippen LogP contribution in [-0.4, -0.2) is 33.9 Å². The number of carbonyl (C=O) groups excluding carboxylic acids is 1. The monoisotopic (exact) mass is 401 g/mol.